The monoisotopic (exact) mass is 356 g/mol. The summed E-state index contributed by atoms with van der Waals surface area (Å²) in [5, 5.41) is 3.56. The zero-order valence-electron chi connectivity index (χ0n) is 14.8. The Morgan fingerprint density at radius 3 is 2.64 bits per heavy atom. The molecule has 132 valence electrons. The van der Waals surface area contributed by atoms with Gasteiger partial charge >= 0.3 is 0 Å². The van der Waals surface area contributed by atoms with Gasteiger partial charge in [-0.1, -0.05) is 30.2 Å². The molecule has 0 saturated heterocycles. The quantitative estimate of drug-likeness (QED) is 0.815. The van der Waals surface area contributed by atoms with Crippen LogP contribution in [0, 0.1) is 13.8 Å². The Morgan fingerprint density at radius 2 is 1.92 bits per heavy atom. The summed E-state index contributed by atoms with van der Waals surface area (Å²) in [5.74, 6) is -0.549. The molecule has 4 nitrogen and oxygen atoms in total. The SMILES string of the molecule is Cc1ccc(CC(=O)Nc2sc3c(c2C(N)=O)CCCCC3)c(C)c1. The lowest BCUT2D eigenvalue weighted by molar-refractivity contribution is -0.115. The highest BCUT2D eigenvalue weighted by atomic mass is 32.1. The highest BCUT2D eigenvalue weighted by Crippen LogP contribution is 2.37. The fraction of sp³-hybridized carbons (Fsp3) is 0.400. The maximum atomic E-state index is 12.5. The summed E-state index contributed by atoms with van der Waals surface area (Å²) >= 11 is 1.52. The molecular weight excluding hydrogens is 332 g/mol. The number of nitrogens with two attached hydrogens (primary N) is 1. The van der Waals surface area contributed by atoms with Crippen molar-refractivity contribution < 1.29 is 9.59 Å². The molecule has 0 aliphatic heterocycles. The van der Waals surface area contributed by atoms with Crippen molar-refractivity contribution in [2.24, 2.45) is 5.73 Å². The third-order valence-corrected chi connectivity index (χ3v) is 5.98. The van der Waals surface area contributed by atoms with Crippen molar-refractivity contribution in [3.05, 3.63) is 50.9 Å². The van der Waals surface area contributed by atoms with Crippen LogP contribution < -0.4 is 11.1 Å². The number of hydrogen-bond donors (Lipinski definition) is 2. The number of amides is 2. The molecular formula is C20H24N2O2S. The molecule has 0 fully saturated rings. The second kappa shape index (κ2) is 7.40. The number of carbonyl (C=O) groups excluding carboxylic acids is 2. The first kappa shape index (κ1) is 17.7. The number of anilines is 1. The molecule has 0 bridgehead atoms. The van der Waals surface area contributed by atoms with Crippen LogP contribution in [-0.2, 0) is 24.1 Å². The minimum atomic E-state index is -0.443. The molecule has 1 heterocycles. The van der Waals surface area contributed by atoms with Crippen LogP contribution in [0.2, 0.25) is 0 Å². The highest BCUT2D eigenvalue weighted by Gasteiger charge is 2.24. The fourth-order valence-electron chi connectivity index (χ4n) is 3.48. The van der Waals surface area contributed by atoms with E-state index in [9.17, 15) is 9.59 Å². The number of hydrogen-bond acceptors (Lipinski definition) is 3. The number of aryl methyl sites for hydroxylation is 3. The molecule has 2 amide bonds. The lowest BCUT2D eigenvalue weighted by Crippen LogP contribution is -2.19. The zero-order chi connectivity index (χ0) is 18.0. The van der Waals surface area contributed by atoms with Crippen LogP contribution in [-0.4, -0.2) is 11.8 Å². The summed E-state index contributed by atoms with van der Waals surface area (Å²) in [7, 11) is 0. The lowest BCUT2D eigenvalue weighted by atomic mass is 10.0. The number of fused-ring (bicyclic) bond motifs is 1. The Bertz CT molecular complexity index is 823. The van der Waals surface area contributed by atoms with Crippen LogP contribution in [0.1, 0.15) is 56.8 Å². The summed E-state index contributed by atoms with van der Waals surface area (Å²) < 4.78 is 0. The molecule has 2 aromatic rings. The molecule has 25 heavy (non-hydrogen) atoms. The number of thiophene rings is 1. The molecule has 0 radical (unpaired) electrons. The minimum Gasteiger partial charge on any atom is -0.365 e. The van der Waals surface area contributed by atoms with E-state index >= 15 is 0 Å². The zero-order valence-corrected chi connectivity index (χ0v) is 15.6. The van der Waals surface area contributed by atoms with Crippen molar-refractivity contribution in [3.8, 4) is 0 Å². The number of benzene rings is 1. The highest BCUT2D eigenvalue weighted by molar-refractivity contribution is 7.17. The van der Waals surface area contributed by atoms with E-state index in [4.69, 9.17) is 5.73 Å². The van der Waals surface area contributed by atoms with Crippen molar-refractivity contribution in [1.29, 1.82) is 0 Å². The Morgan fingerprint density at radius 1 is 1.16 bits per heavy atom. The Kier molecular flexibility index (Phi) is 5.23. The van der Waals surface area contributed by atoms with E-state index in [1.807, 2.05) is 26.0 Å². The normalized spacial score (nSPS) is 13.8. The van der Waals surface area contributed by atoms with E-state index in [-0.39, 0.29) is 5.91 Å². The minimum absolute atomic E-state index is 0.106. The number of nitrogens with one attached hydrogen (secondary N) is 1. The van der Waals surface area contributed by atoms with Crippen molar-refractivity contribution in [2.45, 2.75) is 52.4 Å². The standard InChI is InChI=1S/C20H24N2O2S/c1-12-8-9-14(13(2)10-12)11-17(23)22-20-18(19(21)24)15-6-4-3-5-7-16(15)25-20/h8-10H,3-7,11H2,1-2H3,(H2,21,24)(H,22,23). The Balaban J connectivity index is 1.82. The van der Waals surface area contributed by atoms with E-state index in [2.05, 4.69) is 11.4 Å². The number of rotatable bonds is 4. The second-order valence-corrected chi connectivity index (χ2v) is 7.89. The van der Waals surface area contributed by atoms with Gasteiger partial charge in [0.2, 0.25) is 5.91 Å². The van der Waals surface area contributed by atoms with Gasteiger partial charge in [0.05, 0.1) is 12.0 Å². The Labute approximate surface area is 152 Å². The van der Waals surface area contributed by atoms with Crippen LogP contribution >= 0.6 is 11.3 Å². The third-order valence-electron chi connectivity index (χ3n) is 4.77. The molecule has 5 heteroatoms. The Hall–Kier alpha value is -2.14. The fourth-order valence-corrected chi connectivity index (χ4v) is 4.79. The average molecular weight is 356 g/mol. The van der Waals surface area contributed by atoms with Gasteiger partial charge in [0.25, 0.3) is 5.91 Å². The van der Waals surface area contributed by atoms with Gasteiger partial charge < -0.3 is 11.1 Å². The largest absolute Gasteiger partial charge is 0.365 e. The first-order chi connectivity index (χ1) is 12.0. The van der Waals surface area contributed by atoms with Gasteiger partial charge in [0.15, 0.2) is 0 Å². The summed E-state index contributed by atoms with van der Waals surface area (Å²) in [4.78, 5) is 25.7. The molecule has 1 aromatic carbocycles. The molecule has 0 atom stereocenters. The van der Waals surface area contributed by atoms with Gasteiger partial charge in [-0.2, -0.15) is 0 Å². The molecule has 1 aromatic heterocycles. The van der Waals surface area contributed by atoms with E-state index < -0.39 is 5.91 Å². The van der Waals surface area contributed by atoms with Gasteiger partial charge in [-0.05, 0) is 56.2 Å². The molecule has 3 rings (SSSR count). The van der Waals surface area contributed by atoms with Crippen LogP contribution in [0.25, 0.3) is 0 Å². The number of primary amides is 1. The third kappa shape index (κ3) is 3.93. The van der Waals surface area contributed by atoms with Gasteiger partial charge in [0.1, 0.15) is 5.00 Å². The average Bonchev–Trinajstić information content (AvgIpc) is 2.71. The van der Waals surface area contributed by atoms with Gasteiger partial charge in [-0.3, -0.25) is 9.59 Å². The molecule has 0 spiro atoms. The van der Waals surface area contributed by atoms with Gasteiger partial charge in [-0.25, -0.2) is 0 Å². The van der Waals surface area contributed by atoms with Crippen molar-refractivity contribution in [3.63, 3.8) is 0 Å². The molecule has 1 aliphatic rings. The van der Waals surface area contributed by atoms with Crippen LogP contribution in [0.5, 0.6) is 0 Å². The van der Waals surface area contributed by atoms with Crippen molar-refractivity contribution >= 4 is 28.2 Å². The van der Waals surface area contributed by atoms with Crippen LogP contribution in [0.3, 0.4) is 0 Å². The number of carbonyl (C=O) groups is 2. The lowest BCUT2D eigenvalue weighted by Gasteiger charge is -2.09. The maximum absolute atomic E-state index is 12.5. The molecule has 1 aliphatic carbocycles. The summed E-state index contributed by atoms with van der Waals surface area (Å²) in [6.07, 6.45) is 5.51. The molecule has 0 unspecified atom stereocenters. The smallest absolute Gasteiger partial charge is 0.251 e. The summed E-state index contributed by atoms with van der Waals surface area (Å²) in [5.41, 5.74) is 10.5. The van der Waals surface area contributed by atoms with E-state index in [0.29, 0.717) is 17.0 Å². The summed E-state index contributed by atoms with van der Waals surface area (Å²) in [6.45, 7) is 4.05. The van der Waals surface area contributed by atoms with Gasteiger partial charge in [0, 0.05) is 4.88 Å². The van der Waals surface area contributed by atoms with Crippen molar-refractivity contribution in [2.75, 3.05) is 5.32 Å². The van der Waals surface area contributed by atoms with E-state index in [1.54, 1.807) is 0 Å². The molecule has 3 N–H and O–H groups in total. The topological polar surface area (TPSA) is 72.2 Å². The van der Waals surface area contributed by atoms with Crippen molar-refractivity contribution in [1.82, 2.24) is 0 Å². The first-order valence-corrected chi connectivity index (χ1v) is 9.57. The predicted octanol–water partition coefficient (Wildman–Crippen LogP) is 3.91. The predicted molar refractivity (Wildman–Crippen MR) is 102 cm³/mol. The molecule has 0 saturated carbocycles. The first-order valence-electron chi connectivity index (χ1n) is 8.76. The van der Waals surface area contributed by atoms with E-state index in [0.717, 1.165) is 42.4 Å². The van der Waals surface area contributed by atoms with E-state index in [1.165, 1.54) is 28.2 Å². The maximum Gasteiger partial charge on any atom is 0.251 e. The summed E-state index contributed by atoms with van der Waals surface area (Å²) in [6, 6.07) is 6.07. The van der Waals surface area contributed by atoms with Gasteiger partial charge in [-0.15, -0.1) is 11.3 Å². The second-order valence-electron chi connectivity index (χ2n) is 6.79. The van der Waals surface area contributed by atoms with Crippen LogP contribution in [0.4, 0.5) is 5.00 Å². The van der Waals surface area contributed by atoms with Crippen LogP contribution in [0.15, 0.2) is 18.2 Å².